The van der Waals surface area contributed by atoms with Gasteiger partial charge in [-0.05, 0) is 24.3 Å². The SMILES string of the molecule is N#Cc1c(C#N)c(Nn2ccc3ccccc32)c2ccccc2c1Nn1ccc2ccccc21. The van der Waals surface area contributed by atoms with Gasteiger partial charge < -0.3 is 0 Å². The minimum absolute atomic E-state index is 0.290. The monoisotopic (exact) mass is 438 g/mol. The van der Waals surface area contributed by atoms with Crippen molar-refractivity contribution in [1.29, 1.82) is 10.5 Å². The number of nitrogens with zero attached hydrogens (tertiary/aromatic N) is 4. The highest BCUT2D eigenvalue weighted by molar-refractivity contribution is 6.07. The van der Waals surface area contributed by atoms with Crippen LogP contribution in [-0.4, -0.2) is 9.35 Å². The normalized spacial score (nSPS) is 10.9. The predicted octanol–water partition coefficient (Wildman–Crippen LogP) is 6.24. The van der Waals surface area contributed by atoms with Gasteiger partial charge in [0.25, 0.3) is 0 Å². The predicted molar refractivity (Wildman–Crippen MR) is 135 cm³/mol. The Morgan fingerprint density at radius 2 is 0.941 bits per heavy atom. The zero-order valence-corrected chi connectivity index (χ0v) is 18.0. The van der Waals surface area contributed by atoms with Crippen molar-refractivity contribution in [1.82, 2.24) is 9.35 Å². The Labute approximate surface area is 195 Å². The summed E-state index contributed by atoms with van der Waals surface area (Å²) in [4.78, 5) is 0. The Morgan fingerprint density at radius 3 is 1.38 bits per heavy atom. The summed E-state index contributed by atoms with van der Waals surface area (Å²) in [6.07, 6.45) is 3.84. The topological polar surface area (TPSA) is 81.5 Å². The third-order valence-electron chi connectivity index (χ3n) is 6.10. The van der Waals surface area contributed by atoms with Crippen LogP contribution in [0.15, 0.2) is 97.3 Å². The van der Waals surface area contributed by atoms with Crippen LogP contribution in [0.5, 0.6) is 0 Å². The van der Waals surface area contributed by atoms with Crippen molar-refractivity contribution in [2.24, 2.45) is 0 Å². The molecule has 2 aromatic heterocycles. The molecule has 2 heterocycles. The fourth-order valence-electron chi connectivity index (χ4n) is 4.50. The molecule has 0 aliphatic heterocycles. The lowest BCUT2D eigenvalue weighted by Crippen LogP contribution is -2.13. The van der Waals surface area contributed by atoms with E-state index in [-0.39, 0.29) is 11.1 Å². The van der Waals surface area contributed by atoms with Crippen molar-refractivity contribution in [2.75, 3.05) is 10.9 Å². The molecule has 0 saturated heterocycles. The first kappa shape index (κ1) is 19.5. The van der Waals surface area contributed by atoms with Gasteiger partial charge in [-0.2, -0.15) is 10.5 Å². The van der Waals surface area contributed by atoms with Crippen LogP contribution < -0.4 is 10.9 Å². The average Bonchev–Trinajstić information content (AvgIpc) is 3.49. The van der Waals surface area contributed by atoms with Crippen molar-refractivity contribution in [3.05, 3.63) is 108 Å². The third-order valence-corrected chi connectivity index (χ3v) is 6.10. The Balaban J connectivity index is 1.58. The summed E-state index contributed by atoms with van der Waals surface area (Å²) < 4.78 is 3.76. The van der Waals surface area contributed by atoms with E-state index in [9.17, 15) is 10.5 Å². The number of hydrogen-bond donors (Lipinski definition) is 2. The second-order valence-electron chi connectivity index (χ2n) is 7.98. The Kier molecular flexibility index (Phi) is 4.43. The molecule has 0 amide bonds. The molecule has 0 aliphatic carbocycles. The van der Waals surface area contributed by atoms with E-state index < -0.39 is 0 Å². The molecule has 0 bridgehead atoms. The molecule has 0 spiro atoms. The fraction of sp³-hybridized carbons (Fsp3) is 0. The van der Waals surface area contributed by atoms with Gasteiger partial charge in [-0.3, -0.25) is 20.2 Å². The van der Waals surface area contributed by atoms with Gasteiger partial charge in [0.05, 0.1) is 33.5 Å². The Bertz CT molecular complexity index is 1660. The van der Waals surface area contributed by atoms with Crippen LogP contribution in [0.25, 0.3) is 32.6 Å². The number of benzene rings is 4. The number of nitrogens with one attached hydrogen (secondary N) is 2. The average molecular weight is 438 g/mol. The molecule has 0 aliphatic rings. The molecular weight excluding hydrogens is 420 g/mol. The van der Waals surface area contributed by atoms with Gasteiger partial charge in [-0.1, -0.05) is 60.7 Å². The van der Waals surface area contributed by atoms with Gasteiger partial charge in [-0.15, -0.1) is 0 Å². The molecule has 2 N–H and O–H groups in total. The van der Waals surface area contributed by atoms with Crippen molar-refractivity contribution in [2.45, 2.75) is 0 Å². The first-order valence-corrected chi connectivity index (χ1v) is 10.8. The number of para-hydroxylation sites is 2. The second-order valence-corrected chi connectivity index (χ2v) is 7.98. The van der Waals surface area contributed by atoms with Crippen LogP contribution in [-0.2, 0) is 0 Å². The number of rotatable bonds is 4. The van der Waals surface area contributed by atoms with Gasteiger partial charge in [0.15, 0.2) is 0 Å². The van der Waals surface area contributed by atoms with E-state index in [0.29, 0.717) is 11.4 Å². The van der Waals surface area contributed by atoms with E-state index in [1.165, 1.54) is 0 Å². The van der Waals surface area contributed by atoms with Crippen LogP contribution in [0, 0.1) is 22.7 Å². The van der Waals surface area contributed by atoms with Crippen molar-refractivity contribution in [3.8, 4) is 12.1 Å². The molecule has 34 heavy (non-hydrogen) atoms. The molecular formula is C28H18N6. The van der Waals surface area contributed by atoms with Crippen molar-refractivity contribution < 1.29 is 0 Å². The van der Waals surface area contributed by atoms with E-state index in [1.807, 2.05) is 107 Å². The lowest BCUT2D eigenvalue weighted by atomic mass is 9.97. The summed E-state index contributed by atoms with van der Waals surface area (Å²) in [7, 11) is 0. The number of aromatic nitrogens is 2. The summed E-state index contributed by atoms with van der Waals surface area (Å²) in [5.41, 5.74) is 10.5. The molecule has 0 atom stereocenters. The maximum Gasteiger partial charge on any atom is 0.103 e. The second kappa shape index (κ2) is 7.74. The first-order valence-electron chi connectivity index (χ1n) is 10.8. The highest BCUT2D eigenvalue weighted by Crippen LogP contribution is 2.38. The number of nitriles is 2. The minimum Gasteiger partial charge on any atom is -0.292 e. The van der Waals surface area contributed by atoms with E-state index in [1.54, 1.807) is 0 Å². The van der Waals surface area contributed by atoms with Crippen LogP contribution in [0.3, 0.4) is 0 Å². The van der Waals surface area contributed by atoms with Crippen LogP contribution in [0.1, 0.15) is 11.1 Å². The van der Waals surface area contributed by atoms with Crippen LogP contribution in [0.2, 0.25) is 0 Å². The van der Waals surface area contributed by atoms with E-state index >= 15 is 0 Å². The number of fused-ring (bicyclic) bond motifs is 3. The summed E-state index contributed by atoms with van der Waals surface area (Å²) in [6, 6.07) is 32.4. The van der Waals surface area contributed by atoms with E-state index in [2.05, 4.69) is 23.0 Å². The highest BCUT2D eigenvalue weighted by Gasteiger charge is 2.21. The largest absolute Gasteiger partial charge is 0.292 e. The minimum atomic E-state index is 0.290. The van der Waals surface area contributed by atoms with Crippen molar-refractivity contribution in [3.63, 3.8) is 0 Å². The molecule has 6 heteroatoms. The summed E-state index contributed by atoms with van der Waals surface area (Å²) in [6.45, 7) is 0. The summed E-state index contributed by atoms with van der Waals surface area (Å²) >= 11 is 0. The molecule has 160 valence electrons. The zero-order chi connectivity index (χ0) is 23.1. The molecule has 4 aromatic carbocycles. The van der Waals surface area contributed by atoms with Gasteiger partial charge in [0.2, 0.25) is 0 Å². The van der Waals surface area contributed by atoms with Crippen LogP contribution >= 0.6 is 0 Å². The van der Waals surface area contributed by atoms with Gasteiger partial charge in [0.1, 0.15) is 12.1 Å². The highest BCUT2D eigenvalue weighted by atomic mass is 15.4. The lowest BCUT2D eigenvalue weighted by molar-refractivity contribution is 1.01. The number of hydrogen-bond acceptors (Lipinski definition) is 4. The third kappa shape index (κ3) is 2.95. The lowest BCUT2D eigenvalue weighted by Gasteiger charge is -2.20. The zero-order valence-electron chi connectivity index (χ0n) is 18.0. The molecule has 0 radical (unpaired) electrons. The molecule has 6 aromatic rings. The van der Waals surface area contributed by atoms with Gasteiger partial charge >= 0.3 is 0 Å². The molecule has 0 unspecified atom stereocenters. The maximum atomic E-state index is 10.2. The van der Waals surface area contributed by atoms with Crippen molar-refractivity contribution >= 4 is 44.0 Å². The molecule has 0 saturated carbocycles. The Morgan fingerprint density at radius 1 is 0.529 bits per heavy atom. The quantitative estimate of drug-likeness (QED) is 0.341. The summed E-state index contributed by atoms with van der Waals surface area (Å²) in [5.74, 6) is 0. The van der Waals surface area contributed by atoms with Gasteiger partial charge in [0, 0.05) is 33.9 Å². The molecule has 0 fully saturated rings. The van der Waals surface area contributed by atoms with E-state index in [0.717, 1.165) is 32.6 Å². The Hall–Kier alpha value is -5.20. The van der Waals surface area contributed by atoms with E-state index in [4.69, 9.17) is 0 Å². The molecule has 6 nitrogen and oxygen atoms in total. The smallest absolute Gasteiger partial charge is 0.103 e. The summed E-state index contributed by atoms with van der Waals surface area (Å²) in [5, 5.41) is 24.2. The molecule has 6 rings (SSSR count). The standard InChI is InChI=1S/C28H18N6/c29-17-23-24(18-30)28(32-34-16-14-20-8-2-6-12-26(20)34)22-10-4-3-9-21(22)27(23)31-33-15-13-19-7-1-5-11-25(19)33/h1-16,31-32H. The number of anilines is 2. The fourth-order valence-corrected chi connectivity index (χ4v) is 4.50. The maximum absolute atomic E-state index is 10.2. The van der Waals surface area contributed by atoms with Crippen LogP contribution in [0.4, 0.5) is 11.4 Å². The first-order chi connectivity index (χ1) is 16.8. The van der Waals surface area contributed by atoms with Gasteiger partial charge in [-0.25, -0.2) is 0 Å².